The highest BCUT2D eigenvalue weighted by molar-refractivity contribution is 5.88. The average Bonchev–Trinajstić information content (AvgIpc) is 3.03. The maximum Gasteiger partial charge on any atom is 0.408 e. The fourth-order valence-corrected chi connectivity index (χ4v) is 4.57. The van der Waals surface area contributed by atoms with Crippen molar-refractivity contribution in [2.75, 3.05) is 0 Å². The third-order valence-corrected chi connectivity index (χ3v) is 6.77. The van der Waals surface area contributed by atoms with Crippen molar-refractivity contribution >= 4 is 18.0 Å². The minimum atomic E-state index is -0.797. The molecule has 7 heteroatoms. The molecule has 42 heavy (non-hydrogen) atoms. The predicted molar refractivity (Wildman–Crippen MR) is 162 cm³/mol. The topological polar surface area (TPSA) is 93.7 Å². The number of ether oxygens (including phenoxy) is 2. The van der Waals surface area contributed by atoms with E-state index >= 15 is 0 Å². The van der Waals surface area contributed by atoms with Crippen LogP contribution in [0.2, 0.25) is 0 Å². The van der Waals surface area contributed by atoms with E-state index in [4.69, 9.17) is 9.47 Å². The maximum absolute atomic E-state index is 13.7. The molecule has 0 spiro atoms. The van der Waals surface area contributed by atoms with Crippen molar-refractivity contribution in [3.63, 3.8) is 0 Å². The van der Waals surface area contributed by atoms with E-state index in [1.54, 1.807) is 0 Å². The molecule has 0 aliphatic rings. The van der Waals surface area contributed by atoms with Gasteiger partial charge < -0.3 is 20.1 Å². The molecule has 0 aliphatic carbocycles. The summed E-state index contributed by atoms with van der Waals surface area (Å²) in [5.74, 6) is -0.202. The van der Waals surface area contributed by atoms with Crippen LogP contribution in [0, 0.1) is 0 Å². The number of hydrogen-bond donors (Lipinski definition) is 2. The van der Waals surface area contributed by atoms with Gasteiger partial charge in [-0.25, -0.2) is 9.59 Å². The number of rotatable bonds is 14. The number of benzene rings is 4. The Kier molecular flexibility index (Phi) is 11.7. The van der Waals surface area contributed by atoms with E-state index in [0.717, 1.165) is 22.3 Å². The zero-order valence-corrected chi connectivity index (χ0v) is 23.5. The van der Waals surface area contributed by atoms with Crippen molar-refractivity contribution in [2.24, 2.45) is 0 Å². The first-order valence-corrected chi connectivity index (χ1v) is 14.1. The standard InChI is InChI=1S/C35H36N2O5/c38-33(24-31(23-28-15-7-2-8-16-28)36-34(39)41-25-29-17-9-3-10-18-29)32(22-21-27-13-5-1-6-14-27)37-35(40)42-26-30-19-11-4-12-20-30/h1-20,31-32H,21-26H2,(H,36,39)(H,37,40)/t31-,32-/m1/s1. The summed E-state index contributed by atoms with van der Waals surface area (Å²) in [4.78, 5) is 39.2. The van der Waals surface area contributed by atoms with Gasteiger partial charge in [-0.05, 0) is 41.5 Å². The summed E-state index contributed by atoms with van der Waals surface area (Å²) in [7, 11) is 0. The fraction of sp³-hybridized carbons (Fsp3) is 0.229. The molecule has 7 nitrogen and oxygen atoms in total. The number of hydrogen-bond acceptors (Lipinski definition) is 5. The number of aryl methyl sites for hydroxylation is 1. The van der Waals surface area contributed by atoms with Gasteiger partial charge in [-0.1, -0.05) is 121 Å². The summed E-state index contributed by atoms with van der Waals surface area (Å²) >= 11 is 0. The minimum Gasteiger partial charge on any atom is -0.445 e. The lowest BCUT2D eigenvalue weighted by atomic mass is 9.95. The summed E-state index contributed by atoms with van der Waals surface area (Å²) in [6, 6.07) is 36.8. The van der Waals surface area contributed by atoms with E-state index in [1.807, 2.05) is 121 Å². The lowest BCUT2D eigenvalue weighted by Crippen LogP contribution is -2.45. The lowest BCUT2D eigenvalue weighted by molar-refractivity contribution is -0.121. The van der Waals surface area contributed by atoms with E-state index in [0.29, 0.717) is 19.3 Å². The van der Waals surface area contributed by atoms with Gasteiger partial charge in [0.15, 0.2) is 5.78 Å². The first-order valence-electron chi connectivity index (χ1n) is 14.1. The van der Waals surface area contributed by atoms with Crippen LogP contribution in [0.3, 0.4) is 0 Å². The normalized spacial score (nSPS) is 12.0. The van der Waals surface area contributed by atoms with Crippen molar-refractivity contribution in [1.82, 2.24) is 10.6 Å². The SMILES string of the molecule is O=C(N[C@@H](CC(=O)[C@@H](CCc1ccccc1)NC(=O)OCc1ccccc1)Cc1ccccc1)OCc1ccccc1. The molecule has 2 atom stereocenters. The number of Topliss-reactive ketones (excluding diaryl/α,β-unsaturated/α-hetero) is 1. The van der Waals surface area contributed by atoms with Gasteiger partial charge in [-0.2, -0.15) is 0 Å². The molecule has 0 fully saturated rings. The van der Waals surface area contributed by atoms with Crippen LogP contribution < -0.4 is 10.6 Å². The lowest BCUT2D eigenvalue weighted by Gasteiger charge is -2.22. The van der Waals surface area contributed by atoms with Crippen molar-refractivity contribution < 1.29 is 23.9 Å². The quantitative estimate of drug-likeness (QED) is 0.185. The van der Waals surface area contributed by atoms with Gasteiger partial charge in [0.05, 0.1) is 6.04 Å². The number of carbonyl (C=O) groups excluding carboxylic acids is 3. The molecule has 0 heterocycles. The second kappa shape index (κ2) is 16.4. The first kappa shape index (κ1) is 30.1. The molecule has 2 amide bonds. The zero-order valence-electron chi connectivity index (χ0n) is 23.5. The van der Waals surface area contributed by atoms with Crippen LogP contribution in [-0.2, 0) is 40.3 Å². The van der Waals surface area contributed by atoms with Gasteiger partial charge in [0.25, 0.3) is 0 Å². The number of nitrogens with one attached hydrogen (secondary N) is 2. The molecular formula is C35H36N2O5. The van der Waals surface area contributed by atoms with E-state index in [9.17, 15) is 14.4 Å². The van der Waals surface area contributed by atoms with Gasteiger partial charge in [0.1, 0.15) is 13.2 Å². The molecule has 216 valence electrons. The van der Waals surface area contributed by atoms with Gasteiger partial charge >= 0.3 is 12.2 Å². The second-order valence-electron chi connectivity index (χ2n) is 10.0. The fourth-order valence-electron chi connectivity index (χ4n) is 4.57. The second-order valence-corrected chi connectivity index (χ2v) is 10.0. The predicted octanol–water partition coefficient (Wildman–Crippen LogP) is 6.41. The maximum atomic E-state index is 13.7. The monoisotopic (exact) mass is 564 g/mol. The Hall–Kier alpha value is -4.91. The van der Waals surface area contributed by atoms with Crippen molar-refractivity contribution in [3.05, 3.63) is 144 Å². The Morgan fingerprint density at radius 3 is 1.48 bits per heavy atom. The Balaban J connectivity index is 1.42. The summed E-state index contributed by atoms with van der Waals surface area (Å²) in [6.07, 6.45) is 0.139. The Morgan fingerprint density at radius 1 is 0.548 bits per heavy atom. The van der Waals surface area contributed by atoms with Crippen LogP contribution in [0.5, 0.6) is 0 Å². The number of carbonyl (C=O) groups is 3. The molecule has 0 saturated carbocycles. The molecule has 0 radical (unpaired) electrons. The van der Waals surface area contributed by atoms with Crippen LogP contribution >= 0.6 is 0 Å². The van der Waals surface area contributed by atoms with Crippen molar-refractivity contribution in [1.29, 1.82) is 0 Å². The van der Waals surface area contributed by atoms with Crippen LogP contribution in [0.4, 0.5) is 9.59 Å². The van der Waals surface area contributed by atoms with Crippen LogP contribution in [0.15, 0.2) is 121 Å². The highest BCUT2D eigenvalue weighted by Crippen LogP contribution is 2.13. The van der Waals surface area contributed by atoms with Crippen LogP contribution in [-0.4, -0.2) is 30.1 Å². The molecule has 2 N–H and O–H groups in total. The molecule has 4 rings (SSSR count). The van der Waals surface area contributed by atoms with Gasteiger partial charge in [-0.3, -0.25) is 4.79 Å². The molecule has 4 aromatic rings. The third-order valence-electron chi connectivity index (χ3n) is 6.77. The number of amides is 2. The summed E-state index contributed by atoms with van der Waals surface area (Å²) in [5, 5.41) is 5.64. The van der Waals surface area contributed by atoms with Crippen LogP contribution in [0.25, 0.3) is 0 Å². The van der Waals surface area contributed by atoms with Gasteiger partial charge in [0.2, 0.25) is 0 Å². The average molecular weight is 565 g/mol. The number of alkyl carbamates (subject to hydrolysis) is 2. The molecule has 0 unspecified atom stereocenters. The zero-order chi connectivity index (χ0) is 29.4. The molecule has 0 bridgehead atoms. The smallest absolute Gasteiger partial charge is 0.408 e. The van der Waals surface area contributed by atoms with Crippen LogP contribution in [0.1, 0.15) is 35.1 Å². The minimum absolute atomic E-state index is 0.00769. The van der Waals surface area contributed by atoms with Crippen molar-refractivity contribution in [2.45, 2.75) is 51.0 Å². The molecular weight excluding hydrogens is 528 g/mol. The molecule has 0 aromatic heterocycles. The Labute approximate surface area is 246 Å². The summed E-state index contributed by atoms with van der Waals surface area (Å²) < 4.78 is 10.8. The molecule has 0 saturated heterocycles. The van der Waals surface area contributed by atoms with Gasteiger partial charge in [0, 0.05) is 12.5 Å². The van der Waals surface area contributed by atoms with E-state index in [-0.39, 0.29) is 25.4 Å². The highest BCUT2D eigenvalue weighted by Gasteiger charge is 2.26. The first-order chi connectivity index (χ1) is 20.5. The highest BCUT2D eigenvalue weighted by atomic mass is 16.6. The largest absolute Gasteiger partial charge is 0.445 e. The summed E-state index contributed by atoms with van der Waals surface area (Å²) in [5.41, 5.74) is 3.73. The van der Waals surface area contributed by atoms with E-state index < -0.39 is 24.3 Å². The summed E-state index contributed by atoms with van der Waals surface area (Å²) in [6.45, 7) is 0.213. The molecule has 4 aromatic carbocycles. The third kappa shape index (κ3) is 10.6. The van der Waals surface area contributed by atoms with E-state index in [2.05, 4.69) is 10.6 Å². The van der Waals surface area contributed by atoms with Crippen molar-refractivity contribution in [3.8, 4) is 0 Å². The molecule has 0 aliphatic heterocycles. The van der Waals surface area contributed by atoms with E-state index in [1.165, 1.54) is 0 Å². The van der Waals surface area contributed by atoms with Gasteiger partial charge in [-0.15, -0.1) is 0 Å². The Morgan fingerprint density at radius 2 is 0.976 bits per heavy atom. The Bertz CT molecular complexity index is 1380. The number of ketones is 1.